The number of carbonyl (C=O) groups is 2. The summed E-state index contributed by atoms with van der Waals surface area (Å²) in [6, 6.07) is 9.06. The minimum Gasteiger partial charge on any atom is -0.481 e. The van der Waals surface area contributed by atoms with Crippen LogP contribution in [0.2, 0.25) is 0 Å². The number of carboxylic acid groups (broad SMARTS) is 1. The van der Waals surface area contributed by atoms with E-state index in [0.29, 0.717) is 6.42 Å². The number of rotatable bonds is 9. The molecule has 0 bridgehead atoms. The third kappa shape index (κ3) is 6.90. The maximum atomic E-state index is 11.9. The van der Waals surface area contributed by atoms with Crippen LogP contribution in [0.1, 0.15) is 44.7 Å². The van der Waals surface area contributed by atoms with Gasteiger partial charge in [-0.25, -0.2) is 0 Å². The molecule has 0 fully saturated rings. The standard InChI is InChI=1S/C16H23NO4/c1-3-12(2)21-11-15(18)17-14(9-10-16(19)20)13-7-5-4-6-8-13/h4-8,12,14H,3,9-11H2,1-2H3,(H,17,18)(H,19,20). The number of carboxylic acids is 1. The van der Waals surface area contributed by atoms with E-state index in [9.17, 15) is 9.59 Å². The number of hydrogen-bond donors (Lipinski definition) is 2. The highest BCUT2D eigenvalue weighted by Gasteiger charge is 2.16. The summed E-state index contributed by atoms with van der Waals surface area (Å²) in [5.41, 5.74) is 0.899. The first kappa shape index (κ1) is 17.2. The number of aliphatic carboxylic acids is 1. The average molecular weight is 293 g/mol. The van der Waals surface area contributed by atoms with E-state index >= 15 is 0 Å². The smallest absolute Gasteiger partial charge is 0.303 e. The summed E-state index contributed by atoms with van der Waals surface area (Å²) in [5, 5.41) is 11.7. The van der Waals surface area contributed by atoms with Crippen molar-refractivity contribution in [1.29, 1.82) is 0 Å². The van der Waals surface area contributed by atoms with Crippen molar-refractivity contribution in [2.45, 2.75) is 45.3 Å². The van der Waals surface area contributed by atoms with Gasteiger partial charge >= 0.3 is 5.97 Å². The molecule has 0 saturated heterocycles. The van der Waals surface area contributed by atoms with Gasteiger partial charge in [0.1, 0.15) is 6.61 Å². The zero-order valence-corrected chi connectivity index (χ0v) is 12.5. The molecule has 116 valence electrons. The molecule has 1 rings (SSSR count). The van der Waals surface area contributed by atoms with Crippen LogP contribution in [0.4, 0.5) is 0 Å². The molecule has 0 saturated carbocycles. The Kier molecular flexibility index (Phi) is 7.46. The van der Waals surface area contributed by atoms with Gasteiger partial charge in [0.2, 0.25) is 5.91 Å². The van der Waals surface area contributed by atoms with Crippen LogP contribution in [-0.4, -0.2) is 29.7 Å². The molecule has 0 spiro atoms. The number of benzene rings is 1. The molecule has 2 unspecified atom stereocenters. The van der Waals surface area contributed by atoms with Gasteiger partial charge in [0.25, 0.3) is 0 Å². The summed E-state index contributed by atoms with van der Waals surface area (Å²) in [6.07, 6.45) is 1.24. The average Bonchev–Trinajstić information content (AvgIpc) is 2.49. The fraction of sp³-hybridized carbons (Fsp3) is 0.500. The molecule has 5 heteroatoms. The van der Waals surface area contributed by atoms with E-state index in [1.807, 2.05) is 44.2 Å². The Hall–Kier alpha value is -1.88. The molecule has 1 aromatic carbocycles. The SMILES string of the molecule is CCC(C)OCC(=O)NC(CCC(=O)O)c1ccccc1. The van der Waals surface area contributed by atoms with Crippen LogP contribution in [0.25, 0.3) is 0 Å². The predicted molar refractivity (Wildman–Crippen MR) is 79.9 cm³/mol. The first-order valence-electron chi connectivity index (χ1n) is 7.20. The van der Waals surface area contributed by atoms with Crippen LogP contribution in [0.15, 0.2) is 30.3 Å². The maximum absolute atomic E-state index is 11.9. The highest BCUT2D eigenvalue weighted by Crippen LogP contribution is 2.18. The molecule has 0 aliphatic rings. The Morgan fingerprint density at radius 1 is 1.29 bits per heavy atom. The topological polar surface area (TPSA) is 75.6 Å². The van der Waals surface area contributed by atoms with E-state index in [0.717, 1.165) is 12.0 Å². The van der Waals surface area contributed by atoms with Gasteiger partial charge in [-0.2, -0.15) is 0 Å². The number of amides is 1. The van der Waals surface area contributed by atoms with Crippen LogP contribution >= 0.6 is 0 Å². The first-order valence-corrected chi connectivity index (χ1v) is 7.20. The monoisotopic (exact) mass is 293 g/mol. The summed E-state index contributed by atoms with van der Waals surface area (Å²) in [6.45, 7) is 3.89. The summed E-state index contributed by atoms with van der Waals surface area (Å²) in [7, 11) is 0. The lowest BCUT2D eigenvalue weighted by atomic mass is 10.0. The van der Waals surface area contributed by atoms with Crippen LogP contribution in [0, 0.1) is 0 Å². The van der Waals surface area contributed by atoms with Crippen molar-refractivity contribution >= 4 is 11.9 Å². The summed E-state index contributed by atoms with van der Waals surface area (Å²) < 4.78 is 5.39. The van der Waals surface area contributed by atoms with Crippen molar-refractivity contribution in [3.63, 3.8) is 0 Å². The zero-order valence-electron chi connectivity index (χ0n) is 12.5. The molecule has 0 aliphatic carbocycles. The van der Waals surface area contributed by atoms with Crippen molar-refractivity contribution in [3.8, 4) is 0 Å². The molecular formula is C16H23NO4. The number of carbonyl (C=O) groups excluding carboxylic acids is 1. The third-order valence-corrected chi connectivity index (χ3v) is 3.26. The Morgan fingerprint density at radius 2 is 1.95 bits per heavy atom. The second kappa shape index (κ2) is 9.13. The highest BCUT2D eigenvalue weighted by atomic mass is 16.5. The molecule has 1 aromatic rings. The third-order valence-electron chi connectivity index (χ3n) is 3.26. The molecule has 0 aromatic heterocycles. The second-order valence-corrected chi connectivity index (χ2v) is 4.99. The Labute approximate surface area is 125 Å². The predicted octanol–water partition coefficient (Wildman–Crippen LogP) is 2.52. The van der Waals surface area contributed by atoms with Crippen LogP contribution in [0.3, 0.4) is 0 Å². The maximum Gasteiger partial charge on any atom is 0.303 e. The van der Waals surface area contributed by atoms with E-state index in [2.05, 4.69) is 5.32 Å². The van der Waals surface area contributed by atoms with Crippen molar-refractivity contribution in [2.75, 3.05) is 6.61 Å². The minimum absolute atomic E-state index is 0.00601. The van der Waals surface area contributed by atoms with Gasteiger partial charge in [-0.1, -0.05) is 37.3 Å². The summed E-state index contributed by atoms with van der Waals surface area (Å²) >= 11 is 0. The molecule has 2 N–H and O–H groups in total. The van der Waals surface area contributed by atoms with Crippen molar-refractivity contribution < 1.29 is 19.4 Å². The number of nitrogens with one attached hydrogen (secondary N) is 1. The number of ether oxygens (including phenoxy) is 1. The van der Waals surface area contributed by atoms with Crippen molar-refractivity contribution in [1.82, 2.24) is 5.32 Å². The molecular weight excluding hydrogens is 270 g/mol. The number of hydrogen-bond acceptors (Lipinski definition) is 3. The molecule has 0 aliphatic heterocycles. The van der Waals surface area contributed by atoms with Gasteiger partial charge in [0.15, 0.2) is 0 Å². The zero-order chi connectivity index (χ0) is 15.7. The molecule has 0 radical (unpaired) electrons. The van der Waals surface area contributed by atoms with Crippen LogP contribution in [0.5, 0.6) is 0 Å². The Balaban J connectivity index is 2.60. The van der Waals surface area contributed by atoms with E-state index in [4.69, 9.17) is 9.84 Å². The van der Waals surface area contributed by atoms with E-state index in [-0.39, 0.29) is 31.1 Å². The van der Waals surface area contributed by atoms with Crippen molar-refractivity contribution in [2.24, 2.45) is 0 Å². The molecule has 5 nitrogen and oxygen atoms in total. The van der Waals surface area contributed by atoms with Crippen molar-refractivity contribution in [3.05, 3.63) is 35.9 Å². The van der Waals surface area contributed by atoms with E-state index in [1.165, 1.54) is 0 Å². The van der Waals surface area contributed by atoms with Crippen LogP contribution < -0.4 is 5.32 Å². The van der Waals surface area contributed by atoms with E-state index < -0.39 is 5.97 Å². The second-order valence-electron chi connectivity index (χ2n) is 4.99. The highest BCUT2D eigenvalue weighted by molar-refractivity contribution is 5.77. The lowest BCUT2D eigenvalue weighted by Gasteiger charge is -2.19. The van der Waals surface area contributed by atoms with E-state index in [1.54, 1.807) is 0 Å². The molecule has 1 amide bonds. The lowest BCUT2D eigenvalue weighted by Crippen LogP contribution is -2.33. The minimum atomic E-state index is -0.874. The van der Waals surface area contributed by atoms with Crippen LogP contribution in [-0.2, 0) is 14.3 Å². The fourth-order valence-corrected chi connectivity index (χ4v) is 1.85. The first-order chi connectivity index (χ1) is 10.0. The normalized spacial score (nSPS) is 13.4. The van der Waals surface area contributed by atoms with Gasteiger partial charge < -0.3 is 15.2 Å². The summed E-state index contributed by atoms with van der Waals surface area (Å²) in [5.74, 6) is -1.10. The lowest BCUT2D eigenvalue weighted by molar-refractivity contribution is -0.137. The Bertz CT molecular complexity index is 447. The summed E-state index contributed by atoms with van der Waals surface area (Å²) in [4.78, 5) is 22.6. The Morgan fingerprint density at radius 3 is 2.52 bits per heavy atom. The largest absolute Gasteiger partial charge is 0.481 e. The van der Waals surface area contributed by atoms with Gasteiger partial charge in [0, 0.05) is 6.42 Å². The van der Waals surface area contributed by atoms with Gasteiger partial charge in [-0.3, -0.25) is 9.59 Å². The van der Waals surface area contributed by atoms with Gasteiger partial charge in [-0.05, 0) is 25.3 Å². The molecule has 2 atom stereocenters. The van der Waals surface area contributed by atoms with Gasteiger partial charge in [0.05, 0.1) is 12.1 Å². The molecule has 0 heterocycles. The fourth-order valence-electron chi connectivity index (χ4n) is 1.85. The quantitative estimate of drug-likeness (QED) is 0.733. The van der Waals surface area contributed by atoms with Gasteiger partial charge in [-0.15, -0.1) is 0 Å². The molecule has 21 heavy (non-hydrogen) atoms.